The molecule has 0 unspecified atom stereocenters. The van der Waals surface area contributed by atoms with E-state index < -0.39 is 49.8 Å². The van der Waals surface area contributed by atoms with Gasteiger partial charge in [-0.2, -0.15) is 13.2 Å². The highest BCUT2D eigenvalue weighted by atomic mass is 32.2. The van der Waals surface area contributed by atoms with Crippen molar-refractivity contribution in [3.63, 3.8) is 0 Å². The van der Waals surface area contributed by atoms with Crippen LogP contribution in [0.2, 0.25) is 0 Å². The molecule has 0 aromatic heterocycles. The summed E-state index contributed by atoms with van der Waals surface area (Å²) in [7, 11) is -5.87. The second-order valence-corrected chi connectivity index (χ2v) is 7.00. The minimum Gasteiger partial charge on any atom is -0.493 e. The summed E-state index contributed by atoms with van der Waals surface area (Å²) in [6.07, 6.45) is -3.23. The Morgan fingerprint density at radius 1 is 1.35 bits per heavy atom. The van der Waals surface area contributed by atoms with Crippen LogP contribution in [0.3, 0.4) is 0 Å². The summed E-state index contributed by atoms with van der Waals surface area (Å²) in [4.78, 5) is -1.37. The first kappa shape index (κ1) is 17.9. The molecular formula is C13H13F5O4S. The van der Waals surface area contributed by atoms with Crippen LogP contribution in [0, 0.1) is 0 Å². The first-order valence-electron chi connectivity index (χ1n) is 6.59. The average Bonchev–Trinajstić information content (AvgIpc) is 2.66. The van der Waals surface area contributed by atoms with Crippen LogP contribution in [-0.4, -0.2) is 31.6 Å². The van der Waals surface area contributed by atoms with E-state index >= 15 is 0 Å². The van der Waals surface area contributed by atoms with Crippen molar-refractivity contribution in [2.24, 2.45) is 0 Å². The van der Waals surface area contributed by atoms with E-state index in [0.717, 1.165) is 6.07 Å². The molecule has 0 spiro atoms. The molecule has 0 aliphatic heterocycles. The molecule has 0 amide bonds. The molecule has 0 radical (unpaired) electrons. The van der Waals surface area contributed by atoms with Crippen molar-refractivity contribution in [1.82, 2.24) is 0 Å². The van der Waals surface area contributed by atoms with E-state index in [1.165, 1.54) is 0 Å². The van der Waals surface area contributed by atoms with Gasteiger partial charge < -0.3 is 9.84 Å². The van der Waals surface area contributed by atoms with E-state index in [9.17, 15) is 35.5 Å². The largest absolute Gasteiger partial charge is 0.501 e. The van der Waals surface area contributed by atoms with E-state index in [1.54, 1.807) is 6.92 Å². The van der Waals surface area contributed by atoms with Gasteiger partial charge in [-0.15, -0.1) is 0 Å². The summed E-state index contributed by atoms with van der Waals surface area (Å²) >= 11 is 0. The Labute approximate surface area is 128 Å². The van der Waals surface area contributed by atoms with E-state index in [0.29, 0.717) is 12.5 Å². The molecule has 1 atom stereocenters. The molecule has 1 aliphatic rings. The predicted molar refractivity (Wildman–Crippen MR) is 69.1 cm³/mol. The van der Waals surface area contributed by atoms with Gasteiger partial charge in [0.15, 0.2) is 0 Å². The Kier molecular flexibility index (Phi) is 4.35. The first-order chi connectivity index (χ1) is 10.4. The lowest BCUT2D eigenvalue weighted by molar-refractivity contribution is -0.0978. The molecule has 23 heavy (non-hydrogen) atoms. The highest BCUT2D eigenvalue weighted by Gasteiger charge is 2.55. The summed E-state index contributed by atoms with van der Waals surface area (Å²) < 4.78 is 93.9. The fraction of sp³-hybridized carbons (Fsp3) is 0.538. The molecule has 4 nitrogen and oxygen atoms in total. The van der Waals surface area contributed by atoms with Crippen LogP contribution in [-0.2, 0) is 16.3 Å². The molecule has 130 valence electrons. The van der Waals surface area contributed by atoms with Gasteiger partial charge in [0.05, 0.1) is 11.5 Å². The quantitative estimate of drug-likeness (QED) is 0.839. The van der Waals surface area contributed by atoms with Crippen LogP contribution in [0.4, 0.5) is 22.0 Å². The van der Waals surface area contributed by atoms with Crippen LogP contribution in [0.5, 0.6) is 5.75 Å². The fourth-order valence-electron chi connectivity index (χ4n) is 2.36. The van der Waals surface area contributed by atoms with Crippen LogP contribution in [0.25, 0.3) is 0 Å². The minimum absolute atomic E-state index is 0.111. The topological polar surface area (TPSA) is 63.6 Å². The molecule has 0 fully saturated rings. The Morgan fingerprint density at radius 3 is 2.48 bits per heavy atom. The third kappa shape index (κ3) is 2.89. The van der Waals surface area contributed by atoms with E-state index in [1.807, 2.05) is 0 Å². The second-order valence-electron chi connectivity index (χ2n) is 5.09. The van der Waals surface area contributed by atoms with E-state index in [4.69, 9.17) is 4.74 Å². The van der Waals surface area contributed by atoms with Gasteiger partial charge in [0.2, 0.25) is 0 Å². The number of sulfone groups is 1. The molecule has 10 heteroatoms. The Bertz CT molecular complexity index is 712. The van der Waals surface area contributed by atoms with Crippen molar-refractivity contribution in [3.8, 4) is 5.75 Å². The minimum atomic E-state index is -5.87. The molecule has 0 heterocycles. The van der Waals surface area contributed by atoms with Crippen molar-refractivity contribution in [2.75, 3.05) is 6.61 Å². The summed E-state index contributed by atoms with van der Waals surface area (Å²) in [5.74, 6) is -3.93. The number of aliphatic hydroxyl groups excluding tert-OH is 1. The van der Waals surface area contributed by atoms with Crippen molar-refractivity contribution >= 4 is 9.84 Å². The Morgan fingerprint density at radius 2 is 1.96 bits per heavy atom. The third-order valence-corrected chi connectivity index (χ3v) is 4.96. The molecule has 0 saturated carbocycles. The molecular weight excluding hydrogens is 347 g/mol. The molecule has 1 N–H and O–H groups in total. The van der Waals surface area contributed by atoms with Crippen LogP contribution < -0.4 is 4.74 Å². The monoisotopic (exact) mass is 360 g/mol. The van der Waals surface area contributed by atoms with Gasteiger partial charge in [0, 0.05) is 17.5 Å². The first-order valence-corrected chi connectivity index (χ1v) is 8.07. The van der Waals surface area contributed by atoms with Gasteiger partial charge in [-0.05, 0) is 18.6 Å². The van der Waals surface area contributed by atoms with Crippen LogP contribution >= 0.6 is 0 Å². The molecule has 2 rings (SSSR count). The van der Waals surface area contributed by atoms with Crippen molar-refractivity contribution in [2.45, 2.75) is 42.2 Å². The normalized spacial score (nSPS) is 20.4. The number of halogens is 5. The maximum absolute atomic E-state index is 13.7. The maximum atomic E-state index is 13.7. The van der Waals surface area contributed by atoms with Gasteiger partial charge in [-0.3, -0.25) is 0 Å². The highest BCUT2D eigenvalue weighted by Crippen LogP contribution is 2.50. The van der Waals surface area contributed by atoms with Gasteiger partial charge in [0.25, 0.3) is 15.8 Å². The number of hydrogen-bond acceptors (Lipinski definition) is 4. The number of rotatable bonds is 4. The zero-order valence-electron chi connectivity index (χ0n) is 11.8. The Balaban J connectivity index is 2.69. The van der Waals surface area contributed by atoms with Gasteiger partial charge in [-0.25, -0.2) is 17.2 Å². The summed E-state index contributed by atoms with van der Waals surface area (Å²) in [6, 6.07) is 1.44. The number of ether oxygens (including phenoxy) is 1. The molecule has 1 aliphatic carbocycles. The lowest BCUT2D eigenvalue weighted by Gasteiger charge is -2.17. The molecule has 0 saturated heterocycles. The molecule has 0 bridgehead atoms. The maximum Gasteiger partial charge on any atom is 0.501 e. The smallest absolute Gasteiger partial charge is 0.493 e. The lowest BCUT2D eigenvalue weighted by Crippen LogP contribution is -2.26. The van der Waals surface area contributed by atoms with Crippen molar-refractivity contribution in [1.29, 1.82) is 0 Å². The second kappa shape index (κ2) is 5.59. The molecule has 1 aromatic carbocycles. The standard InChI is InChI=1S/C13H13F5O4S/c1-2-5-22-8-3-4-9(23(20,21)13(16,17)18)10-7(8)6-12(14,15)11(10)19/h3-4,11,19H,2,5-6H2,1H3/t11-/m0/s1. The Hall–Kier alpha value is -1.42. The third-order valence-electron chi connectivity index (χ3n) is 3.42. The molecule has 1 aromatic rings. The van der Waals surface area contributed by atoms with Crippen LogP contribution in [0.15, 0.2) is 17.0 Å². The lowest BCUT2D eigenvalue weighted by atomic mass is 10.1. The average molecular weight is 360 g/mol. The number of alkyl halides is 5. The SMILES string of the molecule is CCCOc1ccc(S(=O)(=O)C(F)(F)F)c2c1CC(F)(F)[C@H]2O. The highest BCUT2D eigenvalue weighted by molar-refractivity contribution is 7.92. The van der Waals surface area contributed by atoms with E-state index in [2.05, 4.69) is 0 Å². The predicted octanol–water partition coefficient (Wildman–Crippen LogP) is 2.99. The van der Waals surface area contributed by atoms with Gasteiger partial charge >= 0.3 is 5.51 Å². The zero-order valence-corrected chi connectivity index (χ0v) is 12.6. The number of hydrogen-bond donors (Lipinski definition) is 1. The van der Waals surface area contributed by atoms with Crippen molar-refractivity contribution in [3.05, 3.63) is 23.3 Å². The van der Waals surface area contributed by atoms with Gasteiger partial charge in [0.1, 0.15) is 11.9 Å². The summed E-state index contributed by atoms with van der Waals surface area (Å²) in [6.45, 7) is 1.84. The van der Waals surface area contributed by atoms with Gasteiger partial charge in [-0.1, -0.05) is 6.92 Å². The zero-order chi connectivity index (χ0) is 17.6. The number of fused-ring (bicyclic) bond motifs is 1. The van der Waals surface area contributed by atoms with Crippen LogP contribution in [0.1, 0.15) is 30.6 Å². The van der Waals surface area contributed by atoms with Crippen molar-refractivity contribution < 1.29 is 40.2 Å². The number of benzene rings is 1. The van der Waals surface area contributed by atoms with E-state index in [-0.39, 0.29) is 12.4 Å². The summed E-state index contributed by atoms with van der Waals surface area (Å²) in [5.41, 5.74) is -7.02. The number of aliphatic hydroxyl groups is 1. The summed E-state index contributed by atoms with van der Waals surface area (Å²) in [5, 5.41) is 9.63. The fourth-order valence-corrected chi connectivity index (χ4v) is 3.38.